The van der Waals surface area contributed by atoms with Crippen LogP contribution in [-0.2, 0) is 16.9 Å². The summed E-state index contributed by atoms with van der Waals surface area (Å²) < 4.78 is 8.13. The highest BCUT2D eigenvalue weighted by Gasteiger charge is 2.21. The van der Waals surface area contributed by atoms with Crippen molar-refractivity contribution in [1.29, 1.82) is 0 Å². The zero-order chi connectivity index (χ0) is 19.1. The molecule has 0 fully saturated rings. The van der Waals surface area contributed by atoms with E-state index in [1.165, 1.54) is 10.8 Å². The Hall–Kier alpha value is -2.97. The first-order valence-electron chi connectivity index (χ1n) is 8.35. The van der Waals surface area contributed by atoms with Gasteiger partial charge in [-0.05, 0) is 34.6 Å². The van der Waals surface area contributed by atoms with E-state index in [-0.39, 0.29) is 30.0 Å². The Bertz CT molecular complexity index is 1020. The first-order valence-corrected chi connectivity index (χ1v) is 8.35. The number of aryl methyl sites for hydroxylation is 2. The number of hydrogen-bond donors (Lipinski definition) is 1. The van der Waals surface area contributed by atoms with Crippen LogP contribution >= 0.6 is 0 Å². The van der Waals surface area contributed by atoms with E-state index in [1.807, 2.05) is 20.8 Å². The summed E-state index contributed by atoms with van der Waals surface area (Å²) in [5, 5.41) is 11.1. The van der Waals surface area contributed by atoms with Gasteiger partial charge in [-0.1, -0.05) is 5.16 Å². The van der Waals surface area contributed by atoms with Crippen LogP contribution in [0.3, 0.4) is 0 Å². The fraction of sp³-hybridized carbons (Fsp3) is 0.471. The van der Waals surface area contributed by atoms with Gasteiger partial charge in [-0.2, -0.15) is 5.10 Å². The van der Waals surface area contributed by atoms with E-state index in [2.05, 4.69) is 20.6 Å². The Kier molecular flexibility index (Phi) is 4.39. The number of carbonyl (C=O) groups excluding carboxylic acids is 1. The Morgan fingerprint density at radius 3 is 2.65 bits per heavy atom. The molecule has 0 aliphatic heterocycles. The number of aromatic nitrogens is 5. The molecule has 3 aromatic heterocycles. The molecule has 26 heavy (non-hydrogen) atoms. The predicted molar refractivity (Wildman–Crippen MR) is 96.0 cm³/mol. The van der Waals surface area contributed by atoms with E-state index >= 15 is 0 Å². The van der Waals surface area contributed by atoms with Gasteiger partial charge in [0, 0.05) is 19.0 Å². The van der Waals surface area contributed by atoms with Gasteiger partial charge < -0.3 is 9.84 Å². The van der Waals surface area contributed by atoms with Crippen molar-refractivity contribution in [3.05, 3.63) is 34.2 Å². The predicted octanol–water partition coefficient (Wildman–Crippen LogP) is 1.98. The average Bonchev–Trinajstić information content (AvgIpc) is 3.12. The van der Waals surface area contributed by atoms with Crippen molar-refractivity contribution in [1.82, 2.24) is 24.5 Å². The second-order valence-corrected chi connectivity index (χ2v) is 7.20. The van der Waals surface area contributed by atoms with Gasteiger partial charge in [-0.25, -0.2) is 9.67 Å². The van der Waals surface area contributed by atoms with Crippen LogP contribution in [-0.4, -0.2) is 30.4 Å². The first kappa shape index (κ1) is 17.8. The molecule has 1 amide bonds. The van der Waals surface area contributed by atoms with Crippen molar-refractivity contribution in [3.8, 4) is 0 Å². The molecule has 9 heteroatoms. The Balaban J connectivity index is 1.82. The van der Waals surface area contributed by atoms with Crippen LogP contribution in [0.1, 0.15) is 38.8 Å². The van der Waals surface area contributed by atoms with Gasteiger partial charge in [0.05, 0.1) is 11.7 Å². The molecule has 0 radical (unpaired) electrons. The maximum Gasteiger partial charge on any atom is 0.264 e. The molecule has 3 heterocycles. The summed E-state index contributed by atoms with van der Waals surface area (Å²) in [6.07, 6.45) is 1.65. The summed E-state index contributed by atoms with van der Waals surface area (Å²) in [5.74, 6) is 1.25. The average molecular weight is 358 g/mol. The van der Waals surface area contributed by atoms with Gasteiger partial charge in [0.1, 0.15) is 17.0 Å². The number of carbonyl (C=O) groups is 1. The third-order valence-electron chi connectivity index (χ3n) is 3.97. The van der Waals surface area contributed by atoms with E-state index in [9.17, 15) is 9.59 Å². The van der Waals surface area contributed by atoms with E-state index < -0.39 is 0 Å². The standard InChI is InChI=1S/C17H22N6O3/c1-10-8-13(21-26-10)20-14(24)6-7-22-11(2)19-15-12(16(22)25)9-18-23(15)17(3,4)5/h8-9H,6-7H2,1-5H3,(H,20,21,24). The van der Waals surface area contributed by atoms with Crippen molar-refractivity contribution >= 4 is 22.8 Å². The molecule has 0 unspecified atom stereocenters. The Labute approximate surface area is 150 Å². The van der Waals surface area contributed by atoms with Crippen LogP contribution in [0, 0.1) is 13.8 Å². The summed E-state index contributed by atoms with van der Waals surface area (Å²) in [4.78, 5) is 29.4. The molecule has 0 atom stereocenters. The van der Waals surface area contributed by atoms with Crippen molar-refractivity contribution in [2.24, 2.45) is 0 Å². The molecule has 0 saturated heterocycles. The maximum atomic E-state index is 12.8. The second kappa shape index (κ2) is 6.40. The lowest BCUT2D eigenvalue weighted by Crippen LogP contribution is -2.28. The van der Waals surface area contributed by atoms with E-state index in [0.717, 1.165) is 0 Å². The Morgan fingerprint density at radius 1 is 1.31 bits per heavy atom. The molecule has 3 aromatic rings. The number of amides is 1. The van der Waals surface area contributed by atoms with E-state index in [0.29, 0.717) is 28.4 Å². The fourth-order valence-electron chi connectivity index (χ4n) is 2.70. The molecule has 0 spiro atoms. The van der Waals surface area contributed by atoms with Crippen molar-refractivity contribution in [2.75, 3.05) is 5.32 Å². The van der Waals surface area contributed by atoms with E-state index in [1.54, 1.807) is 24.6 Å². The molecule has 1 N–H and O–H groups in total. The van der Waals surface area contributed by atoms with Crippen molar-refractivity contribution in [2.45, 2.75) is 53.1 Å². The van der Waals surface area contributed by atoms with Crippen molar-refractivity contribution in [3.63, 3.8) is 0 Å². The largest absolute Gasteiger partial charge is 0.360 e. The van der Waals surface area contributed by atoms with Crippen LogP contribution in [0.5, 0.6) is 0 Å². The third-order valence-corrected chi connectivity index (χ3v) is 3.97. The number of rotatable bonds is 4. The van der Waals surface area contributed by atoms with Crippen LogP contribution in [0.25, 0.3) is 11.0 Å². The molecule has 0 aromatic carbocycles. The highest BCUT2D eigenvalue weighted by molar-refractivity contribution is 5.89. The van der Waals surface area contributed by atoms with Gasteiger partial charge in [-0.3, -0.25) is 14.2 Å². The third kappa shape index (κ3) is 3.37. The first-order chi connectivity index (χ1) is 12.2. The smallest absolute Gasteiger partial charge is 0.264 e. The summed E-state index contributed by atoms with van der Waals surface area (Å²) in [5.41, 5.74) is 0.0713. The second-order valence-electron chi connectivity index (χ2n) is 7.20. The van der Waals surface area contributed by atoms with Gasteiger partial charge in [-0.15, -0.1) is 0 Å². The molecular weight excluding hydrogens is 336 g/mol. The monoisotopic (exact) mass is 358 g/mol. The summed E-state index contributed by atoms with van der Waals surface area (Å²) in [6.45, 7) is 9.70. The van der Waals surface area contributed by atoms with Gasteiger partial charge in [0.15, 0.2) is 11.5 Å². The van der Waals surface area contributed by atoms with Crippen LogP contribution in [0.15, 0.2) is 21.6 Å². The highest BCUT2D eigenvalue weighted by Crippen LogP contribution is 2.18. The molecule has 0 bridgehead atoms. The lowest BCUT2D eigenvalue weighted by molar-refractivity contribution is -0.116. The maximum absolute atomic E-state index is 12.8. The number of hydrogen-bond acceptors (Lipinski definition) is 6. The highest BCUT2D eigenvalue weighted by atomic mass is 16.5. The number of anilines is 1. The summed E-state index contributed by atoms with van der Waals surface area (Å²) in [7, 11) is 0. The topological polar surface area (TPSA) is 108 Å². The van der Waals surface area contributed by atoms with Crippen molar-refractivity contribution < 1.29 is 9.32 Å². The lowest BCUT2D eigenvalue weighted by Gasteiger charge is -2.20. The molecule has 9 nitrogen and oxygen atoms in total. The number of fused-ring (bicyclic) bond motifs is 1. The molecule has 0 saturated carbocycles. The Morgan fingerprint density at radius 2 is 2.04 bits per heavy atom. The minimum atomic E-state index is -0.282. The molecular formula is C17H22N6O3. The molecule has 0 aliphatic rings. The number of nitrogens with one attached hydrogen (secondary N) is 1. The van der Waals surface area contributed by atoms with E-state index in [4.69, 9.17) is 4.52 Å². The SMILES string of the molecule is Cc1cc(NC(=O)CCn2c(C)nc3c(cnn3C(C)(C)C)c2=O)no1. The van der Waals surface area contributed by atoms with Crippen LogP contribution < -0.4 is 10.9 Å². The fourth-order valence-corrected chi connectivity index (χ4v) is 2.70. The molecule has 0 aliphatic carbocycles. The zero-order valence-electron chi connectivity index (χ0n) is 15.5. The summed E-state index contributed by atoms with van der Waals surface area (Å²) >= 11 is 0. The van der Waals surface area contributed by atoms with Crippen LogP contribution in [0.2, 0.25) is 0 Å². The van der Waals surface area contributed by atoms with Crippen LogP contribution in [0.4, 0.5) is 5.82 Å². The van der Waals surface area contributed by atoms with Gasteiger partial charge >= 0.3 is 0 Å². The lowest BCUT2D eigenvalue weighted by atomic mass is 10.1. The zero-order valence-corrected chi connectivity index (χ0v) is 15.5. The number of nitrogens with zero attached hydrogens (tertiary/aromatic N) is 5. The minimum Gasteiger partial charge on any atom is -0.360 e. The quantitative estimate of drug-likeness (QED) is 0.764. The molecule has 3 rings (SSSR count). The summed E-state index contributed by atoms with van der Waals surface area (Å²) in [6, 6.07) is 1.63. The van der Waals surface area contributed by atoms with Gasteiger partial charge in [0.25, 0.3) is 5.56 Å². The van der Waals surface area contributed by atoms with Gasteiger partial charge in [0.2, 0.25) is 5.91 Å². The normalized spacial score (nSPS) is 11.9. The molecule has 138 valence electrons. The minimum absolute atomic E-state index is 0.118.